The van der Waals surface area contributed by atoms with Crippen LogP contribution in [-0.4, -0.2) is 58.7 Å². The number of benzene rings is 2. The zero-order chi connectivity index (χ0) is 22.5. The van der Waals surface area contributed by atoms with Crippen molar-refractivity contribution in [1.29, 1.82) is 0 Å². The Morgan fingerprint density at radius 2 is 1.94 bits per heavy atom. The van der Waals surface area contributed by atoms with Gasteiger partial charge in [0.05, 0.1) is 11.8 Å². The van der Waals surface area contributed by atoms with E-state index in [9.17, 15) is 14.7 Å². The second-order valence-electron chi connectivity index (χ2n) is 9.45. The van der Waals surface area contributed by atoms with Crippen molar-refractivity contribution in [3.05, 3.63) is 64.7 Å². The third-order valence-corrected chi connectivity index (χ3v) is 6.96. The molecular formula is C25H29N3O4. The Hall–Kier alpha value is -2.90. The predicted molar refractivity (Wildman–Crippen MR) is 120 cm³/mol. The van der Waals surface area contributed by atoms with E-state index in [0.717, 1.165) is 31.5 Å². The maximum Gasteiger partial charge on any atom is 0.412 e. The number of anilines is 1. The lowest BCUT2D eigenvalue weighted by atomic mass is 9.92. The topological polar surface area (TPSA) is 82.1 Å². The summed E-state index contributed by atoms with van der Waals surface area (Å²) in [6.45, 7) is 6.32. The zero-order valence-corrected chi connectivity index (χ0v) is 18.5. The molecule has 0 spiro atoms. The third kappa shape index (κ3) is 3.76. The maximum absolute atomic E-state index is 13.2. The number of likely N-dealkylation sites (tertiary alicyclic amines) is 1. The first kappa shape index (κ1) is 21.0. The van der Waals surface area contributed by atoms with E-state index in [2.05, 4.69) is 34.5 Å². The molecule has 2 aromatic rings. The van der Waals surface area contributed by atoms with Crippen molar-refractivity contribution in [2.75, 3.05) is 25.0 Å². The van der Waals surface area contributed by atoms with Crippen LogP contribution in [-0.2, 0) is 23.3 Å². The van der Waals surface area contributed by atoms with E-state index in [4.69, 9.17) is 4.74 Å². The number of hydrogen-bond acceptors (Lipinski definition) is 5. The van der Waals surface area contributed by atoms with Gasteiger partial charge in [0.2, 0.25) is 0 Å². The van der Waals surface area contributed by atoms with Crippen LogP contribution in [0.3, 0.4) is 0 Å². The number of carbonyl (C=O) groups is 2. The van der Waals surface area contributed by atoms with Gasteiger partial charge in [0.15, 0.2) is 0 Å². The Labute approximate surface area is 188 Å². The molecule has 3 aliphatic rings. The molecule has 2 N–H and O–H groups in total. The quantitative estimate of drug-likeness (QED) is 0.758. The predicted octanol–water partition coefficient (Wildman–Crippen LogP) is 3.12. The SMILES string of the molecule is CC1(C)OC(=O)Nc2cc(C(=O)N3CC[C@H](N4CCc5ccccc5C4)[C@@H](O)C3)ccc21. The molecule has 2 aromatic carbocycles. The number of nitrogens with zero attached hydrogens (tertiary/aromatic N) is 2. The number of aliphatic hydroxyl groups is 1. The van der Waals surface area contributed by atoms with Gasteiger partial charge >= 0.3 is 6.09 Å². The molecule has 2 atom stereocenters. The zero-order valence-electron chi connectivity index (χ0n) is 18.5. The van der Waals surface area contributed by atoms with E-state index >= 15 is 0 Å². The average molecular weight is 436 g/mol. The lowest BCUT2D eigenvalue weighted by Gasteiger charge is -2.43. The normalized spacial score (nSPS) is 24.7. The highest BCUT2D eigenvalue weighted by Gasteiger charge is 2.37. The van der Waals surface area contributed by atoms with Crippen LogP contribution in [0.5, 0.6) is 0 Å². The Bertz CT molecular complexity index is 1070. The number of cyclic esters (lactones) is 1. The molecule has 0 bridgehead atoms. The molecule has 1 fully saturated rings. The largest absolute Gasteiger partial charge is 0.438 e. The second-order valence-corrected chi connectivity index (χ2v) is 9.45. The van der Waals surface area contributed by atoms with Crippen LogP contribution < -0.4 is 5.32 Å². The van der Waals surface area contributed by atoms with Gasteiger partial charge in [0, 0.05) is 43.3 Å². The number of nitrogens with one attached hydrogen (secondary N) is 1. The van der Waals surface area contributed by atoms with E-state index in [1.807, 2.05) is 19.9 Å². The molecule has 0 unspecified atom stereocenters. The summed E-state index contributed by atoms with van der Waals surface area (Å²) < 4.78 is 5.34. The molecule has 168 valence electrons. The fourth-order valence-corrected chi connectivity index (χ4v) is 5.24. The smallest absolute Gasteiger partial charge is 0.412 e. The van der Waals surface area contributed by atoms with Crippen LogP contribution in [0.4, 0.5) is 10.5 Å². The summed E-state index contributed by atoms with van der Waals surface area (Å²) in [6.07, 6.45) is 0.606. The molecule has 0 aromatic heterocycles. The molecule has 0 saturated carbocycles. The van der Waals surface area contributed by atoms with Gasteiger partial charge in [0.25, 0.3) is 5.91 Å². The summed E-state index contributed by atoms with van der Waals surface area (Å²) in [5.74, 6) is -0.132. The van der Waals surface area contributed by atoms with Crippen molar-refractivity contribution in [2.45, 2.75) is 51.0 Å². The van der Waals surface area contributed by atoms with Gasteiger partial charge < -0.3 is 14.7 Å². The van der Waals surface area contributed by atoms with Crippen LogP contribution in [0.25, 0.3) is 0 Å². The number of hydrogen-bond donors (Lipinski definition) is 2. The highest BCUT2D eigenvalue weighted by atomic mass is 16.6. The molecule has 32 heavy (non-hydrogen) atoms. The summed E-state index contributed by atoms with van der Waals surface area (Å²) in [6, 6.07) is 13.8. The van der Waals surface area contributed by atoms with Gasteiger partial charge in [-0.05, 0) is 49.9 Å². The Morgan fingerprint density at radius 1 is 1.16 bits per heavy atom. The fourth-order valence-electron chi connectivity index (χ4n) is 5.24. The summed E-state index contributed by atoms with van der Waals surface area (Å²) in [5, 5.41) is 13.6. The molecule has 7 nitrogen and oxygen atoms in total. The Kier molecular flexibility index (Phi) is 5.18. The van der Waals surface area contributed by atoms with E-state index in [1.165, 1.54) is 11.1 Å². The average Bonchev–Trinajstić information content (AvgIpc) is 2.77. The summed E-state index contributed by atoms with van der Waals surface area (Å²) in [4.78, 5) is 29.1. The minimum absolute atomic E-state index is 0.0492. The van der Waals surface area contributed by atoms with Crippen LogP contribution >= 0.6 is 0 Å². The lowest BCUT2D eigenvalue weighted by Crippen LogP contribution is -2.56. The molecular weight excluding hydrogens is 406 g/mol. The number of aliphatic hydroxyl groups excluding tert-OH is 1. The number of amides is 2. The Morgan fingerprint density at radius 3 is 2.72 bits per heavy atom. The van der Waals surface area contributed by atoms with Crippen LogP contribution in [0.2, 0.25) is 0 Å². The van der Waals surface area contributed by atoms with Gasteiger partial charge in [-0.2, -0.15) is 0 Å². The summed E-state index contributed by atoms with van der Waals surface area (Å²) >= 11 is 0. The van der Waals surface area contributed by atoms with Gasteiger partial charge in [-0.15, -0.1) is 0 Å². The van der Waals surface area contributed by atoms with Crippen LogP contribution in [0.15, 0.2) is 42.5 Å². The first-order valence-corrected chi connectivity index (χ1v) is 11.2. The number of carbonyl (C=O) groups excluding carboxylic acids is 2. The van der Waals surface area contributed by atoms with Crippen LogP contribution in [0.1, 0.15) is 47.3 Å². The highest BCUT2D eigenvalue weighted by Crippen LogP contribution is 2.36. The number of rotatable bonds is 2. The monoisotopic (exact) mass is 435 g/mol. The molecule has 3 aliphatic heterocycles. The molecule has 7 heteroatoms. The van der Waals surface area contributed by atoms with E-state index in [1.54, 1.807) is 17.0 Å². The number of piperidine rings is 1. The van der Waals surface area contributed by atoms with E-state index in [0.29, 0.717) is 24.3 Å². The van der Waals surface area contributed by atoms with Crippen molar-refractivity contribution in [3.63, 3.8) is 0 Å². The van der Waals surface area contributed by atoms with Gasteiger partial charge in [-0.1, -0.05) is 30.3 Å². The fraction of sp³-hybridized carbons (Fsp3) is 0.440. The van der Waals surface area contributed by atoms with Crippen LogP contribution in [0, 0.1) is 0 Å². The highest BCUT2D eigenvalue weighted by molar-refractivity contribution is 5.97. The molecule has 5 rings (SSSR count). The van der Waals surface area contributed by atoms with Crippen molar-refractivity contribution in [3.8, 4) is 0 Å². The number of ether oxygens (including phenoxy) is 1. The standard InChI is InChI=1S/C25H29N3O4/c1-25(2)19-8-7-17(13-20(19)26-24(31)32-25)23(30)28-12-10-21(22(29)15-28)27-11-9-16-5-3-4-6-18(16)14-27/h3-8,13,21-22,29H,9-12,14-15H2,1-2H3,(H,26,31)/t21-,22-/m0/s1. The molecule has 0 radical (unpaired) electrons. The van der Waals surface area contributed by atoms with Crippen molar-refractivity contribution >= 4 is 17.7 Å². The molecule has 1 saturated heterocycles. The second kappa shape index (κ2) is 7.90. The summed E-state index contributed by atoms with van der Waals surface area (Å²) in [7, 11) is 0. The van der Waals surface area contributed by atoms with Gasteiger partial charge in [0.1, 0.15) is 5.60 Å². The number of β-amino-alcohol motifs (C(OH)–C–C–N with tert-alkyl or cyclic N) is 1. The first-order chi connectivity index (χ1) is 15.3. The minimum atomic E-state index is -0.749. The minimum Gasteiger partial charge on any atom is -0.438 e. The van der Waals surface area contributed by atoms with Gasteiger partial charge in [-0.25, -0.2) is 4.79 Å². The maximum atomic E-state index is 13.2. The molecule has 3 heterocycles. The van der Waals surface area contributed by atoms with E-state index < -0.39 is 17.8 Å². The summed E-state index contributed by atoms with van der Waals surface area (Å²) in [5.41, 5.74) is 3.89. The third-order valence-electron chi connectivity index (χ3n) is 6.96. The van der Waals surface area contributed by atoms with Gasteiger partial charge in [-0.3, -0.25) is 15.0 Å². The lowest BCUT2D eigenvalue weighted by molar-refractivity contribution is -0.0137. The molecule has 0 aliphatic carbocycles. The van der Waals surface area contributed by atoms with E-state index in [-0.39, 0.29) is 11.9 Å². The number of fused-ring (bicyclic) bond motifs is 2. The van der Waals surface area contributed by atoms with Crippen molar-refractivity contribution in [1.82, 2.24) is 9.80 Å². The van der Waals surface area contributed by atoms with Crippen molar-refractivity contribution < 1.29 is 19.4 Å². The first-order valence-electron chi connectivity index (χ1n) is 11.2. The van der Waals surface area contributed by atoms with Crippen molar-refractivity contribution in [2.24, 2.45) is 0 Å². The Balaban J connectivity index is 1.27. The molecule has 2 amide bonds.